The minimum atomic E-state index is -5.99. The summed E-state index contributed by atoms with van der Waals surface area (Å²) in [6.07, 6.45) is -8.83. The van der Waals surface area contributed by atoms with Crippen LogP contribution in [0.15, 0.2) is 35.9 Å². The number of nitrogens with zero attached hydrogens (tertiary/aromatic N) is 3. The molecule has 1 saturated heterocycles. The maximum absolute atomic E-state index is 13.3. The van der Waals surface area contributed by atoms with E-state index in [1.54, 1.807) is 22.5 Å². The molecule has 1 aliphatic heterocycles. The normalized spacial score (nSPS) is 15.7. The molecular formula is C26H27F6N3O2. The highest BCUT2D eigenvalue weighted by atomic mass is 19.4. The van der Waals surface area contributed by atoms with Gasteiger partial charge < -0.3 is 14.6 Å². The molecule has 0 saturated carbocycles. The Labute approximate surface area is 210 Å². The van der Waals surface area contributed by atoms with E-state index < -0.39 is 34.8 Å². The summed E-state index contributed by atoms with van der Waals surface area (Å²) in [4.78, 5) is 14.4. The number of carbonyl (C=O) groups excluding carboxylic acids is 1. The van der Waals surface area contributed by atoms with Gasteiger partial charge in [0.05, 0.1) is 0 Å². The second-order valence-corrected chi connectivity index (χ2v) is 10.1. The lowest BCUT2D eigenvalue weighted by molar-refractivity contribution is -0.376. The van der Waals surface area contributed by atoms with Gasteiger partial charge in [-0.15, -0.1) is 0 Å². The first-order valence-corrected chi connectivity index (χ1v) is 11.5. The highest BCUT2D eigenvalue weighted by Gasteiger charge is 2.71. The van der Waals surface area contributed by atoms with E-state index in [9.17, 15) is 41.5 Å². The Hall–Kier alpha value is -3.26. The van der Waals surface area contributed by atoms with E-state index in [0.29, 0.717) is 42.2 Å². The van der Waals surface area contributed by atoms with Gasteiger partial charge in [-0.3, -0.25) is 4.79 Å². The van der Waals surface area contributed by atoms with Crippen molar-refractivity contribution in [3.63, 3.8) is 0 Å². The average Bonchev–Trinajstić information content (AvgIpc) is 3.43. The Morgan fingerprint density at radius 3 is 1.95 bits per heavy atom. The molecule has 0 spiro atoms. The van der Waals surface area contributed by atoms with Gasteiger partial charge in [0.1, 0.15) is 11.6 Å². The number of nitriles is 1. The molecule has 11 heteroatoms. The number of aromatic nitrogens is 1. The summed E-state index contributed by atoms with van der Waals surface area (Å²) in [5, 5.41) is 19.3. The third kappa shape index (κ3) is 5.12. The monoisotopic (exact) mass is 527 g/mol. The quantitative estimate of drug-likeness (QED) is 0.305. The van der Waals surface area contributed by atoms with Crippen LogP contribution in [0.2, 0.25) is 0 Å². The predicted octanol–water partition coefficient (Wildman–Crippen LogP) is 5.92. The summed E-state index contributed by atoms with van der Waals surface area (Å²) >= 11 is 0. The summed E-state index contributed by atoms with van der Waals surface area (Å²) in [7, 11) is 0. The fourth-order valence-corrected chi connectivity index (χ4v) is 4.38. The maximum Gasteiger partial charge on any atom is 0.430 e. The molecule has 1 aromatic carbocycles. The van der Waals surface area contributed by atoms with E-state index in [-0.39, 0.29) is 11.3 Å². The molecule has 37 heavy (non-hydrogen) atoms. The van der Waals surface area contributed by atoms with Crippen LogP contribution in [-0.4, -0.2) is 45.9 Å². The molecule has 200 valence electrons. The molecule has 1 aliphatic rings. The fourth-order valence-electron chi connectivity index (χ4n) is 4.38. The number of rotatable bonds is 4. The smallest absolute Gasteiger partial charge is 0.369 e. The van der Waals surface area contributed by atoms with Gasteiger partial charge in [0.15, 0.2) is 0 Å². The molecule has 0 bridgehead atoms. The maximum atomic E-state index is 13.3. The van der Waals surface area contributed by atoms with Crippen molar-refractivity contribution < 1.29 is 36.2 Å². The van der Waals surface area contributed by atoms with Gasteiger partial charge in [0, 0.05) is 41.1 Å². The first kappa shape index (κ1) is 28.3. The standard InChI is InChI=1S/C26H27F6N3O2/c1-16-17(13-18(15-33)22(36)34-11-5-6-12-34)14-21(23(2,3)4)35(16)20-9-7-19(8-10-20)24(37,25(27,28)29)26(30,31)32/h7-10,13-14,37H,5-6,11-12H2,1-4H3/b18-13+. The van der Waals surface area contributed by atoms with E-state index in [2.05, 4.69) is 0 Å². The number of halogens is 6. The third-order valence-corrected chi connectivity index (χ3v) is 6.46. The second-order valence-electron chi connectivity index (χ2n) is 10.1. The Bertz CT molecular complexity index is 1220. The van der Waals surface area contributed by atoms with Crippen LogP contribution < -0.4 is 0 Å². The Morgan fingerprint density at radius 2 is 1.51 bits per heavy atom. The van der Waals surface area contributed by atoms with E-state index in [0.717, 1.165) is 25.0 Å². The number of hydrogen-bond donors (Lipinski definition) is 1. The number of aliphatic hydroxyl groups is 1. The van der Waals surface area contributed by atoms with Crippen molar-refractivity contribution in [2.45, 2.75) is 63.9 Å². The molecule has 5 nitrogen and oxygen atoms in total. The first-order valence-electron chi connectivity index (χ1n) is 11.5. The van der Waals surface area contributed by atoms with Crippen LogP contribution in [0.1, 0.15) is 56.1 Å². The number of benzene rings is 1. The van der Waals surface area contributed by atoms with E-state index in [1.165, 1.54) is 6.08 Å². The number of hydrogen-bond acceptors (Lipinski definition) is 3. The van der Waals surface area contributed by atoms with Crippen LogP contribution in [0.25, 0.3) is 11.8 Å². The SMILES string of the molecule is Cc1c(/C=C(\C#N)C(=O)N2CCCC2)cc(C(C)(C)C)n1-c1ccc(C(O)(C(F)(F)F)C(F)(F)F)cc1. The fraction of sp³-hybridized carbons (Fsp3) is 0.462. The molecule has 1 aromatic heterocycles. The zero-order valence-corrected chi connectivity index (χ0v) is 20.8. The molecule has 0 atom stereocenters. The average molecular weight is 528 g/mol. The van der Waals surface area contributed by atoms with Crippen molar-refractivity contribution in [2.75, 3.05) is 13.1 Å². The van der Waals surface area contributed by atoms with Crippen molar-refractivity contribution in [1.82, 2.24) is 9.47 Å². The Balaban J connectivity index is 2.13. The largest absolute Gasteiger partial charge is 0.430 e. The molecule has 0 unspecified atom stereocenters. The predicted molar refractivity (Wildman–Crippen MR) is 125 cm³/mol. The molecular weight excluding hydrogens is 500 g/mol. The zero-order chi connectivity index (χ0) is 28.0. The number of alkyl halides is 6. The molecule has 3 rings (SSSR count). The van der Waals surface area contributed by atoms with Gasteiger partial charge >= 0.3 is 12.4 Å². The summed E-state index contributed by atoms with van der Waals surface area (Å²) in [6, 6.07) is 6.98. The van der Waals surface area contributed by atoms with Crippen LogP contribution in [0, 0.1) is 18.3 Å². The Morgan fingerprint density at radius 1 is 1.00 bits per heavy atom. The highest BCUT2D eigenvalue weighted by Crippen LogP contribution is 2.50. The Kier molecular flexibility index (Phi) is 7.32. The number of likely N-dealkylation sites (tertiary alicyclic amines) is 1. The van der Waals surface area contributed by atoms with Gasteiger partial charge in [-0.05, 0) is 49.6 Å². The van der Waals surface area contributed by atoms with E-state index in [4.69, 9.17) is 0 Å². The topological polar surface area (TPSA) is 69.3 Å². The molecule has 0 aliphatic carbocycles. The number of amides is 1. The first-order chi connectivity index (χ1) is 16.9. The van der Waals surface area contributed by atoms with Crippen LogP contribution in [-0.2, 0) is 15.8 Å². The molecule has 1 N–H and O–H groups in total. The van der Waals surface area contributed by atoms with Gasteiger partial charge in [-0.25, -0.2) is 0 Å². The summed E-state index contributed by atoms with van der Waals surface area (Å²) in [6.45, 7) is 8.39. The van der Waals surface area contributed by atoms with Gasteiger partial charge in [0.2, 0.25) is 0 Å². The van der Waals surface area contributed by atoms with Gasteiger partial charge in [-0.2, -0.15) is 31.6 Å². The van der Waals surface area contributed by atoms with E-state index in [1.807, 2.05) is 26.8 Å². The van der Waals surface area contributed by atoms with Gasteiger partial charge in [0.25, 0.3) is 11.5 Å². The lowest BCUT2D eigenvalue weighted by Crippen LogP contribution is -2.53. The minimum absolute atomic E-state index is 0.0709. The van der Waals surface area contributed by atoms with Crippen LogP contribution in [0.5, 0.6) is 0 Å². The highest BCUT2D eigenvalue weighted by molar-refractivity contribution is 6.02. The molecule has 1 fully saturated rings. The molecule has 2 aromatic rings. The number of carbonyl (C=O) groups is 1. The lowest BCUT2D eigenvalue weighted by Gasteiger charge is -2.32. The van der Waals surface area contributed by atoms with Crippen LogP contribution in [0.3, 0.4) is 0 Å². The summed E-state index contributed by atoms with van der Waals surface area (Å²) in [5.74, 6) is -0.396. The van der Waals surface area contributed by atoms with Gasteiger partial charge in [-0.1, -0.05) is 32.9 Å². The summed E-state index contributed by atoms with van der Waals surface area (Å²) in [5.41, 5.74) is -5.04. The van der Waals surface area contributed by atoms with Crippen molar-refractivity contribution in [1.29, 1.82) is 5.26 Å². The third-order valence-electron chi connectivity index (χ3n) is 6.46. The second kappa shape index (κ2) is 9.56. The van der Waals surface area contributed by atoms with Crippen molar-refractivity contribution in [3.8, 4) is 11.8 Å². The summed E-state index contributed by atoms with van der Waals surface area (Å²) < 4.78 is 81.4. The van der Waals surface area contributed by atoms with Crippen molar-refractivity contribution in [3.05, 3.63) is 58.4 Å². The van der Waals surface area contributed by atoms with Crippen molar-refractivity contribution in [2.24, 2.45) is 0 Å². The molecule has 2 heterocycles. The zero-order valence-electron chi connectivity index (χ0n) is 20.8. The lowest BCUT2D eigenvalue weighted by atomic mass is 9.91. The van der Waals surface area contributed by atoms with Crippen molar-refractivity contribution >= 4 is 12.0 Å². The minimum Gasteiger partial charge on any atom is -0.369 e. The van der Waals surface area contributed by atoms with Crippen LogP contribution in [0.4, 0.5) is 26.3 Å². The van der Waals surface area contributed by atoms with Crippen LogP contribution >= 0.6 is 0 Å². The van der Waals surface area contributed by atoms with E-state index >= 15 is 0 Å². The molecule has 1 amide bonds. The molecule has 0 radical (unpaired) electrons.